The molecule has 0 aliphatic rings. The predicted octanol–water partition coefficient (Wildman–Crippen LogP) is 3.86. The number of ether oxygens (including phenoxy) is 1. The predicted molar refractivity (Wildman–Crippen MR) is 74.8 cm³/mol. The minimum absolute atomic E-state index is 0. The van der Waals surface area contributed by atoms with Gasteiger partial charge in [0.05, 0.1) is 0 Å². The number of nitrogen functional groups attached to an aromatic ring is 1. The van der Waals surface area contributed by atoms with E-state index in [1.165, 1.54) is 0 Å². The van der Waals surface area contributed by atoms with Gasteiger partial charge in [-0.05, 0) is 60.1 Å². The Labute approximate surface area is 116 Å². The molecule has 94 valence electrons. The molecular weight excluding hydrogens is 273 g/mol. The molecule has 2 rings (SSSR count). The highest BCUT2D eigenvalue weighted by Crippen LogP contribution is 2.22. The van der Waals surface area contributed by atoms with Crippen molar-refractivity contribution in [2.24, 2.45) is 0 Å². The van der Waals surface area contributed by atoms with E-state index in [1.807, 2.05) is 0 Å². The largest absolute Gasteiger partial charge is 0.457 e. The number of anilines is 1. The third kappa shape index (κ3) is 3.65. The maximum Gasteiger partial charge on any atom is 0.252 e. The Morgan fingerprint density at radius 2 is 1.39 bits per heavy atom. The molecule has 18 heavy (non-hydrogen) atoms. The number of hydrogen-bond acceptors (Lipinski definition) is 3. The molecule has 2 aromatic rings. The van der Waals surface area contributed by atoms with Gasteiger partial charge in [0.1, 0.15) is 11.5 Å². The average molecular weight is 284 g/mol. The summed E-state index contributed by atoms with van der Waals surface area (Å²) in [5.41, 5.74) is 6.69. The fourth-order valence-electron chi connectivity index (χ4n) is 1.33. The summed E-state index contributed by atoms with van der Waals surface area (Å²) in [6.07, 6.45) is 0. The van der Waals surface area contributed by atoms with Crippen LogP contribution in [0.3, 0.4) is 0 Å². The first-order valence-electron chi connectivity index (χ1n) is 4.98. The van der Waals surface area contributed by atoms with Crippen molar-refractivity contribution >= 4 is 34.9 Å². The van der Waals surface area contributed by atoms with Gasteiger partial charge in [0.15, 0.2) is 0 Å². The first-order valence-corrected chi connectivity index (χ1v) is 5.36. The summed E-state index contributed by atoms with van der Waals surface area (Å²) >= 11 is 5.34. The van der Waals surface area contributed by atoms with Crippen LogP contribution in [0.1, 0.15) is 10.4 Å². The van der Waals surface area contributed by atoms with Crippen molar-refractivity contribution in [3.05, 3.63) is 54.1 Å². The number of benzene rings is 2. The van der Waals surface area contributed by atoms with Crippen LogP contribution in [0.5, 0.6) is 11.5 Å². The Balaban J connectivity index is 0.00000162. The Morgan fingerprint density at radius 3 is 1.83 bits per heavy atom. The lowest BCUT2D eigenvalue weighted by molar-refractivity contribution is 0.108. The third-order valence-electron chi connectivity index (χ3n) is 2.20. The molecule has 0 spiro atoms. The molecule has 0 aromatic heterocycles. The second kappa shape index (κ2) is 6.28. The molecule has 0 saturated carbocycles. The number of carbonyl (C=O) groups is 1. The van der Waals surface area contributed by atoms with Gasteiger partial charge in [-0.1, -0.05) is 0 Å². The van der Waals surface area contributed by atoms with Crippen molar-refractivity contribution in [3.8, 4) is 11.5 Å². The smallest absolute Gasteiger partial charge is 0.252 e. The number of nitrogens with two attached hydrogens (primary N) is 1. The standard InChI is InChI=1S/C13H10ClNO2.ClH/c14-13(16)9-1-5-11(6-2-9)17-12-7-3-10(15)4-8-12;/h1-8H,15H2;1H. The fraction of sp³-hybridized carbons (Fsp3) is 0. The summed E-state index contributed by atoms with van der Waals surface area (Å²) in [5.74, 6) is 1.32. The van der Waals surface area contributed by atoms with E-state index in [0.717, 1.165) is 0 Å². The lowest BCUT2D eigenvalue weighted by Crippen LogP contribution is -1.89. The van der Waals surface area contributed by atoms with Crippen LogP contribution < -0.4 is 10.5 Å². The van der Waals surface area contributed by atoms with Gasteiger partial charge >= 0.3 is 0 Å². The van der Waals surface area contributed by atoms with Crippen molar-refractivity contribution in [2.75, 3.05) is 5.73 Å². The van der Waals surface area contributed by atoms with Crippen LogP contribution in [-0.2, 0) is 0 Å². The normalized spacial score (nSPS) is 9.39. The number of halogens is 2. The van der Waals surface area contributed by atoms with Gasteiger partial charge in [-0.2, -0.15) is 0 Å². The molecule has 2 N–H and O–H groups in total. The quantitative estimate of drug-likeness (QED) is 0.687. The second-order valence-electron chi connectivity index (χ2n) is 3.47. The molecule has 0 heterocycles. The summed E-state index contributed by atoms with van der Waals surface area (Å²) in [7, 11) is 0. The van der Waals surface area contributed by atoms with E-state index in [0.29, 0.717) is 22.7 Å². The molecule has 3 nitrogen and oxygen atoms in total. The van der Waals surface area contributed by atoms with Gasteiger partial charge in [-0.15, -0.1) is 12.4 Å². The molecule has 0 aliphatic carbocycles. The fourth-order valence-corrected chi connectivity index (χ4v) is 1.45. The van der Waals surface area contributed by atoms with E-state index >= 15 is 0 Å². The van der Waals surface area contributed by atoms with E-state index in [4.69, 9.17) is 22.1 Å². The van der Waals surface area contributed by atoms with Gasteiger partial charge in [0, 0.05) is 11.3 Å². The number of carbonyl (C=O) groups excluding carboxylic acids is 1. The van der Waals surface area contributed by atoms with Gasteiger partial charge in [0.2, 0.25) is 0 Å². The van der Waals surface area contributed by atoms with E-state index < -0.39 is 5.24 Å². The third-order valence-corrected chi connectivity index (χ3v) is 2.42. The molecule has 0 unspecified atom stereocenters. The first kappa shape index (κ1) is 14.4. The topological polar surface area (TPSA) is 52.3 Å². The first-order chi connectivity index (χ1) is 8.15. The zero-order valence-corrected chi connectivity index (χ0v) is 10.9. The summed E-state index contributed by atoms with van der Waals surface area (Å²) in [5, 5.41) is -0.482. The van der Waals surface area contributed by atoms with E-state index in [1.54, 1.807) is 48.5 Å². The molecular formula is C13H11Cl2NO2. The van der Waals surface area contributed by atoms with Crippen LogP contribution in [0.2, 0.25) is 0 Å². The maximum absolute atomic E-state index is 10.9. The highest BCUT2D eigenvalue weighted by molar-refractivity contribution is 6.67. The van der Waals surface area contributed by atoms with Crippen molar-refractivity contribution < 1.29 is 9.53 Å². The van der Waals surface area contributed by atoms with Crippen LogP contribution in [0.25, 0.3) is 0 Å². The van der Waals surface area contributed by atoms with E-state index in [2.05, 4.69) is 0 Å². The van der Waals surface area contributed by atoms with Gasteiger partial charge in [0.25, 0.3) is 5.24 Å². The van der Waals surface area contributed by atoms with Gasteiger partial charge in [-0.3, -0.25) is 4.79 Å². The number of hydrogen-bond donors (Lipinski definition) is 1. The van der Waals surface area contributed by atoms with Gasteiger partial charge in [-0.25, -0.2) is 0 Å². The lowest BCUT2D eigenvalue weighted by atomic mass is 10.2. The summed E-state index contributed by atoms with van der Waals surface area (Å²) in [4.78, 5) is 10.9. The summed E-state index contributed by atoms with van der Waals surface area (Å²) < 4.78 is 5.56. The Bertz CT molecular complexity index is 524. The molecule has 0 saturated heterocycles. The van der Waals surface area contributed by atoms with Gasteiger partial charge < -0.3 is 10.5 Å². The zero-order chi connectivity index (χ0) is 12.3. The minimum Gasteiger partial charge on any atom is -0.457 e. The number of rotatable bonds is 3. The summed E-state index contributed by atoms with van der Waals surface area (Å²) in [6, 6.07) is 13.7. The molecule has 0 amide bonds. The zero-order valence-electron chi connectivity index (χ0n) is 9.30. The minimum atomic E-state index is -0.482. The van der Waals surface area contributed by atoms with Crippen molar-refractivity contribution in [1.82, 2.24) is 0 Å². The molecule has 0 atom stereocenters. The van der Waals surface area contributed by atoms with Crippen LogP contribution >= 0.6 is 24.0 Å². The van der Waals surface area contributed by atoms with E-state index in [9.17, 15) is 4.79 Å². The average Bonchev–Trinajstić information content (AvgIpc) is 2.33. The molecule has 0 bridgehead atoms. The molecule has 0 radical (unpaired) electrons. The molecule has 2 aromatic carbocycles. The SMILES string of the molecule is Cl.Nc1ccc(Oc2ccc(C(=O)Cl)cc2)cc1. The van der Waals surface area contributed by atoms with Crippen molar-refractivity contribution in [1.29, 1.82) is 0 Å². The van der Waals surface area contributed by atoms with Crippen LogP contribution in [-0.4, -0.2) is 5.24 Å². The highest BCUT2D eigenvalue weighted by Gasteiger charge is 2.02. The van der Waals surface area contributed by atoms with Crippen LogP contribution in [0.15, 0.2) is 48.5 Å². The molecule has 0 aliphatic heterocycles. The molecule has 5 heteroatoms. The Morgan fingerprint density at radius 1 is 0.944 bits per heavy atom. The lowest BCUT2D eigenvalue weighted by Gasteiger charge is -2.05. The van der Waals surface area contributed by atoms with Crippen LogP contribution in [0, 0.1) is 0 Å². The van der Waals surface area contributed by atoms with Crippen molar-refractivity contribution in [2.45, 2.75) is 0 Å². The Hall–Kier alpha value is -1.71. The summed E-state index contributed by atoms with van der Waals surface area (Å²) in [6.45, 7) is 0. The second-order valence-corrected chi connectivity index (χ2v) is 3.81. The van der Waals surface area contributed by atoms with Crippen molar-refractivity contribution in [3.63, 3.8) is 0 Å². The Kier molecular flexibility index (Phi) is 5.01. The highest BCUT2D eigenvalue weighted by atomic mass is 35.5. The maximum atomic E-state index is 10.9. The van der Waals surface area contributed by atoms with Crippen LogP contribution in [0.4, 0.5) is 5.69 Å². The monoisotopic (exact) mass is 283 g/mol. The molecule has 0 fully saturated rings. The van der Waals surface area contributed by atoms with E-state index in [-0.39, 0.29) is 12.4 Å².